The van der Waals surface area contributed by atoms with Crippen molar-refractivity contribution in [3.05, 3.63) is 28.2 Å². The fraction of sp³-hybridized carbons (Fsp3) is 0.455. The summed E-state index contributed by atoms with van der Waals surface area (Å²) in [5, 5.41) is 0. The van der Waals surface area contributed by atoms with Gasteiger partial charge in [0, 0.05) is 16.1 Å². The van der Waals surface area contributed by atoms with Crippen molar-refractivity contribution in [3.63, 3.8) is 0 Å². The summed E-state index contributed by atoms with van der Waals surface area (Å²) in [7, 11) is 0. The number of hydrogen-bond acceptors (Lipinski definition) is 1. The molecule has 0 spiro atoms. The SMILES string of the molecule is [O-][S+](c1[c]c(Br)cc(C(F)(C(F)(F)F)C(F)(F)C(F)(F)F)c1)C(F)(F)F. The van der Waals surface area contributed by atoms with E-state index in [1.54, 1.807) is 0 Å². The predicted molar refractivity (Wildman–Crippen MR) is 65.3 cm³/mol. The number of halogens is 13. The van der Waals surface area contributed by atoms with Crippen molar-refractivity contribution in [1.82, 2.24) is 0 Å². The normalized spacial score (nSPS) is 17.8. The van der Waals surface area contributed by atoms with Gasteiger partial charge in [-0.2, -0.15) is 35.1 Å². The van der Waals surface area contributed by atoms with E-state index in [2.05, 4.69) is 15.9 Å². The Kier molecular flexibility index (Phi) is 5.94. The van der Waals surface area contributed by atoms with Crippen LogP contribution in [0.4, 0.5) is 52.7 Å². The molecule has 0 fully saturated rings. The first-order chi connectivity index (χ1) is 11.3. The zero-order valence-corrected chi connectivity index (χ0v) is 13.8. The molecular weight excluding hydrogens is 488 g/mol. The average molecular weight is 490 g/mol. The summed E-state index contributed by atoms with van der Waals surface area (Å²) in [6.07, 6.45) is -13.9. The molecular formula is C11H2BrF12OS. The van der Waals surface area contributed by atoms with Gasteiger partial charge in [0.05, 0.1) is 17.2 Å². The molecule has 149 valence electrons. The van der Waals surface area contributed by atoms with Crippen LogP contribution in [0.25, 0.3) is 0 Å². The molecule has 0 aromatic heterocycles. The van der Waals surface area contributed by atoms with Crippen LogP contribution in [0.5, 0.6) is 0 Å². The fourth-order valence-corrected chi connectivity index (χ4v) is 2.93. The zero-order valence-electron chi connectivity index (χ0n) is 11.4. The van der Waals surface area contributed by atoms with Gasteiger partial charge in [0.15, 0.2) is 4.90 Å². The van der Waals surface area contributed by atoms with E-state index in [-0.39, 0.29) is 6.07 Å². The molecule has 1 rings (SSSR count). The van der Waals surface area contributed by atoms with Gasteiger partial charge >= 0.3 is 29.5 Å². The Labute approximate surface area is 147 Å². The highest BCUT2D eigenvalue weighted by Gasteiger charge is 2.81. The van der Waals surface area contributed by atoms with Gasteiger partial charge in [-0.25, -0.2) is 4.39 Å². The van der Waals surface area contributed by atoms with Gasteiger partial charge in [-0.05, 0) is 22.0 Å². The van der Waals surface area contributed by atoms with Crippen LogP contribution >= 0.6 is 15.9 Å². The summed E-state index contributed by atoms with van der Waals surface area (Å²) in [4.78, 5) is -1.79. The lowest BCUT2D eigenvalue weighted by Crippen LogP contribution is -2.59. The Morgan fingerprint density at radius 3 is 1.62 bits per heavy atom. The molecule has 0 saturated heterocycles. The third-order valence-electron chi connectivity index (χ3n) is 2.80. The largest absolute Gasteiger partial charge is 0.604 e. The van der Waals surface area contributed by atoms with Crippen molar-refractivity contribution in [2.45, 2.75) is 34.3 Å². The minimum atomic E-state index is -7.07. The van der Waals surface area contributed by atoms with Gasteiger partial charge in [-0.1, -0.05) is 0 Å². The number of rotatable bonds is 3. The molecule has 15 heteroatoms. The summed E-state index contributed by atoms with van der Waals surface area (Å²) in [5.41, 5.74) is -14.6. The quantitative estimate of drug-likeness (QED) is 0.388. The first-order valence-electron chi connectivity index (χ1n) is 5.69. The van der Waals surface area contributed by atoms with E-state index in [1.807, 2.05) is 0 Å². The Morgan fingerprint density at radius 2 is 1.27 bits per heavy atom. The summed E-state index contributed by atoms with van der Waals surface area (Å²) in [6.45, 7) is 0. The maximum atomic E-state index is 14.2. The van der Waals surface area contributed by atoms with Gasteiger partial charge in [-0.15, -0.1) is 13.2 Å². The van der Waals surface area contributed by atoms with Crippen LogP contribution in [0.1, 0.15) is 5.56 Å². The van der Waals surface area contributed by atoms with Crippen molar-refractivity contribution in [2.75, 3.05) is 0 Å². The van der Waals surface area contributed by atoms with Gasteiger partial charge in [0.2, 0.25) is 0 Å². The molecule has 1 nitrogen and oxygen atoms in total. The average Bonchev–Trinajstić information content (AvgIpc) is 2.41. The first kappa shape index (κ1) is 23.2. The second-order valence-electron chi connectivity index (χ2n) is 4.52. The maximum absolute atomic E-state index is 14.2. The van der Waals surface area contributed by atoms with Crippen molar-refractivity contribution in [2.24, 2.45) is 0 Å². The Morgan fingerprint density at radius 1 is 0.808 bits per heavy atom. The zero-order chi connectivity index (χ0) is 20.9. The first-order valence-corrected chi connectivity index (χ1v) is 7.63. The molecule has 26 heavy (non-hydrogen) atoms. The monoisotopic (exact) mass is 489 g/mol. The van der Waals surface area contributed by atoms with Crippen molar-refractivity contribution < 1.29 is 57.2 Å². The molecule has 1 radical (unpaired) electrons. The molecule has 0 aliphatic carbocycles. The van der Waals surface area contributed by atoms with E-state index in [9.17, 15) is 57.2 Å². The molecule has 0 saturated carbocycles. The summed E-state index contributed by atoms with van der Waals surface area (Å²) in [5.74, 6) is -7.07. The summed E-state index contributed by atoms with van der Waals surface area (Å²) in [6, 6.07) is 0.565. The van der Waals surface area contributed by atoms with E-state index >= 15 is 0 Å². The van der Waals surface area contributed by atoms with Crippen LogP contribution in [0.3, 0.4) is 0 Å². The minimum absolute atomic E-state index is 0.274. The van der Waals surface area contributed by atoms with Crippen LogP contribution in [0, 0.1) is 6.07 Å². The molecule has 0 N–H and O–H groups in total. The van der Waals surface area contributed by atoms with Crippen LogP contribution in [-0.2, 0) is 16.8 Å². The lowest BCUT2D eigenvalue weighted by atomic mass is 9.88. The van der Waals surface area contributed by atoms with Crippen LogP contribution in [0.15, 0.2) is 21.5 Å². The number of benzene rings is 1. The van der Waals surface area contributed by atoms with E-state index in [0.29, 0.717) is 0 Å². The molecule has 2 atom stereocenters. The van der Waals surface area contributed by atoms with Crippen LogP contribution < -0.4 is 0 Å². The molecule has 1 aromatic rings. The maximum Gasteiger partial charge on any atom is 0.578 e. The lowest BCUT2D eigenvalue weighted by Gasteiger charge is -2.36. The highest BCUT2D eigenvalue weighted by Crippen LogP contribution is 2.58. The van der Waals surface area contributed by atoms with Crippen LogP contribution in [0.2, 0.25) is 0 Å². The predicted octanol–water partition coefficient (Wildman–Crippen LogP) is 5.80. The molecule has 0 heterocycles. The number of alkyl halides is 12. The molecule has 0 aliphatic heterocycles. The Hall–Kier alpha value is -0.830. The molecule has 1 aromatic carbocycles. The van der Waals surface area contributed by atoms with Crippen LogP contribution in [-0.4, -0.2) is 28.3 Å². The molecule has 0 aliphatic rings. The standard InChI is InChI=1S/C11H2BrF12OS/c12-5-1-4(2-6(3-5)26(25)11(22,23)24)7(13,9(16,17)18)8(14,15)10(19,20)21/h1-2H. The topological polar surface area (TPSA) is 23.1 Å². The Balaban J connectivity index is 3.79. The third-order valence-corrected chi connectivity index (χ3v) is 4.27. The fourth-order valence-electron chi connectivity index (χ4n) is 1.65. The smallest absolute Gasteiger partial charge is 0.578 e. The van der Waals surface area contributed by atoms with E-state index in [1.165, 1.54) is 6.07 Å². The highest BCUT2D eigenvalue weighted by molar-refractivity contribution is 9.10. The van der Waals surface area contributed by atoms with Gasteiger partial charge in [-0.3, -0.25) is 0 Å². The second-order valence-corrected chi connectivity index (χ2v) is 6.82. The highest BCUT2D eigenvalue weighted by atomic mass is 79.9. The summed E-state index contributed by atoms with van der Waals surface area (Å²) < 4.78 is 164. The molecule has 0 amide bonds. The third kappa shape index (κ3) is 3.88. The van der Waals surface area contributed by atoms with Gasteiger partial charge < -0.3 is 4.55 Å². The lowest BCUT2D eigenvalue weighted by molar-refractivity contribution is -0.389. The molecule has 2 unspecified atom stereocenters. The second kappa shape index (κ2) is 6.65. The molecule has 0 bridgehead atoms. The van der Waals surface area contributed by atoms with Crippen molar-refractivity contribution in [1.29, 1.82) is 0 Å². The van der Waals surface area contributed by atoms with Gasteiger partial charge in [0.1, 0.15) is 0 Å². The van der Waals surface area contributed by atoms with E-state index < -0.39 is 61.6 Å². The minimum Gasteiger partial charge on any atom is -0.604 e. The number of hydrogen-bond donors (Lipinski definition) is 0. The van der Waals surface area contributed by atoms with Crippen molar-refractivity contribution in [3.8, 4) is 0 Å². The van der Waals surface area contributed by atoms with E-state index in [4.69, 9.17) is 0 Å². The van der Waals surface area contributed by atoms with Gasteiger partial charge in [0.25, 0.3) is 0 Å². The Bertz CT molecular complexity index is 667. The van der Waals surface area contributed by atoms with E-state index in [0.717, 1.165) is 0 Å². The summed E-state index contributed by atoms with van der Waals surface area (Å²) >= 11 is -1.97. The van der Waals surface area contributed by atoms with Crippen molar-refractivity contribution >= 4 is 27.1 Å².